The van der Waals surface area contributed by atoms with E-state index in [0.29, 0.717) is 0 Å². The maximum Gasteiger partial charge on any atom is 0.269 e. The van der Waals surface area contributed by atoms with Crippen LogP contribution in [0.25, 0.3) is 10.9 Å². The fourth-order valence-corrected chi connectivity index (χ4v) is 3.32. The minimum atomic E-state index is -0.395. The number of fused-ring (bicyclic) bond motifs is 2. The van der Waals surface area contributed by atoms with Gasteiger partial charge in [0.15, 0.2) is 0 Å². The molecule has 124 valence electrons. The van der Waals surface area contributed by atoms with Crippen LogP contribution in [0.2, 0.25) is 0 Å². The zero-order valence-electron chi connectivity index (χ0n) is 13.7. The van der Waals surface area contributed by atoms with Gasteiger partial charge in [0.2, 0.25) is 0 Å². The van der Waals surface area contributed by atoms with E-state index in [1.807, 2.05) is 18.2 Å². The number of aryl methyl sites for hydroxylation is 1. The van der Waals surface area contributed by atoms with E-state index in [1.165, 1.54) is 24.1 Å². The van der Waals surface area contributed by atoms with E-state index in [9.17, 15) is 10.1 Å². The standard InChI is InChI=1S/C20H17N3O2/c24-23(25)15-11-9-14(10-12-15)13-21-20-16-5-1-3-7-18(16)22-19-8-4-2-6-17(19)20/h1,3,5,7,9-13H,2,4,6,8H2. The average molecular weight is 331 g/mol. The number of non-ortho nitro benzene ring substituents is 1. The summed E-state index contributed by atoms with van der Waals surface area (Å²) in [6, 6.07) is 14.5. The highest BCUT2D eigenvalue weighted by Crippen LogP contribution is 2.35. The molecule has 0 bridgehead atoms. The van der Waals surface area contributed by atoms with E-state index in [2.05, 4.69) is 6.07 Å². The first kappa shape index (κ1) is 15.4. The van der Waals surface area contributed by atoms with Crippen molar-refractivity contribution in [2.75, 3.05) is 0 Å². The van der Waals surface area contributed by atoms with Gasteiger partial charge in [-0.05, 0) is 55.0 Å². The number of nitrogens with zero attached hydrogens (tertiary/aromatic N) is 3. The number of nitro benzene ring substituents is 1. The Morgan fingerprint density at radius 3 is 2.60 bits per heavy atom. The highest BCUT2D eigenvalue weighted by Gasteiger charge is 2.17. The van der Waals surface area contributed by atoms with Crippen LogP contribution in [0.4, 0.5) is 11.4 Å². The Hall–Kier alpha value is -3.08. The van der Waals surface area contributed by atoms with Gasteiger partial charge in [0, 0.05) is 29.4 Å². The van der Waals surface area contributed by atoms with Crippen LogP contribution in [0, 0.1) is 10.1 Å². The van der Waals surface area contributed by atoms with Gasteiger partial charge in [-0.15, -0.1) is 0 Å². The number of aliphatic imine (C=N–C) groups is 1. The molecule has 4 rings (SSSR count). The fraction of sp³-hybridized carbons (Fsp3) is 0.200. The van der Waals surface area contributed by atoms with Crippen LogP contribution in [-0.4, -0.2) is 16.1 Å². The first-order valence-corrected chi connectivity index (χ1v) is 8.41. The van der Waals surface area contributed by atoms with Gasteiger partial charge in [-0.25, -0.2) is 0 Å². The maximum absolute atomic E-state index is 10.8. The highest BCUT2D eigenvalue weighted by molar-refractivity contribution is 5.95. The molecule has 1 aromatic heterocycles. The predicted molar refractivity (Wildman–Crippen MR) is 98.7 cm³/mol. The van der Waals surface area contributed by atoms with E-state index >= 15 is 0 Å². The van der Waals surface area contributed by atoms with Crippen LogP contribution in [0.5, 0.6) is 0 Å². The molecule has 1 aliphatic carbocycles. The summed E-state index contributed by atoms with van der Waals surface area (Å²) >= 11 is 0. The first-order valence-electron chi connectivity index (χ1n) is 8.41. The second-order valence-electron chi connectivity index (χ2n) is 6.22. The number of aromatic nitrogens is 1. The molecule has 0 spiro atoms. The Balaban J connectivity index is 1.78. The molecule has 0 aliphatic heterocycles. The van der Waals surface area contributed by atoms with Crippen LogP contribution >= 0.6 is 0 Å². The lowest BCUT2D eigenvalue weighted by Crippen LogP contribution is -2.06. The third kappa shape index (κ3) is 3.01. The maximum atomic E-state index is 10.8. The van der Waals surface area contributed by atoms with E-state index in [-0.39, 0.29) is 5.69 Å². The molecule has 0 fully saturated rings. The molecule has 0 unspecified atom stereocenters. The molecule has 5 heteroatoms. The van der Waals surface area contributed by atoms with E-state index in [1.54, 1.807) is 18.3 Å². The third-order valence-electron chi connectivity index (χ3n) is 4.59. The lowest BCUT2D eigenvalue weighted by atomic mass is 9.93. The number of pyridine rings is 1. The van der Waals surface area contributed by atoms with E-state index < -0.39 is 4.92 Å². The lowest BCUT2D eigenvalue weighted by molar-refractivity contribution is -0.384. The van der Waals surface area contributed by atoms with Crippen LogP contribution < -0.4 is 0 Å². The minimum absolute atomic E-state index is 0.0869. The van der Waals surface area contributed by atoms with Crippen molar-refractivity contribution in [3.63, 3.8) is 0 Å². The number of benzene rings is 2. The largest absolute Gasteiger partial charge is 0.269 e. The molecule has 0 radical (unpaired) electrons. The molecule has 3 aromatic rings. The number of rotatable bonds is 3. The van der Waals surface area contributed by atoms with Gasteiger partial charge >= 0.3 is 0 Å². The molecule has 25 heavy (non-hydrogen) atoms. The summed E-state index contributed by atoms with van der Waals surface area (Å²) in [6.45, 7) is 0. The zero-order valence-corrected chi connectivity index (χ0v) is 13.7. The van der Waals surface area contributed by atoms with Crippen molar-refractivity contribution in [3.05, 3.63) is 75.5 Å². The van der Waals surface area contributed by atoms with Crippen molar-refractivity contribution < 1.29 is 4.92 Å². The predicted octanol–water partition coefficient (Wildman–Crippen LogP) is 4.77. The molecule has 0 saturated carbocycles. The van der Waals surface area contributed by atoms with Crippen LogP contribution in [0.15, 0.2) is 53.5 Å². The van der Waals surface area contributed by atoms with Crippen molar-refractivity contribution in [1.82, 2.24) is 4.98 Å². The monoisotopic (exact) mass is 331 g/mol. The molecule has 0 atom stereocenters. The number of hydrogen-bond acceptors (Lipinski definition) is 4. The molecule has 1 aliphatic rings. The summed E-state index contributed by atoms with van der Waals surface area (Å²) in [5, 5.41) is 11.8. The Kier molecular flexibility index (Phi) is 3.98. The normalized spacial score (nSPS) is 13.9. The Bertz CT molecular complexity index is 978. The zero-order chi connectivity index (χ0) is 17.2. The number of para-hydroxylation sites is 1. The van der Waals surface area contributed by atoms with Crippen molar-refractivity contribution in [3.8, 4) is 0 Å². The van der Waals surface area contributed by atoms with Gasteiger partial charge in [0.1, 0.15) is 0 Å². The van der Waals surface area contributed by atoms with Gasteiger partial charge in [0.25, 0.3) is 5.69 Å². The van der Waals surface area contributed by atoms with Crippen LogP contribution in [0.3, 0.4) is 0 Å². The third-order valence-corrected chi connectivity index (χ3v) is 4.59. The molecule has 0 amide bonds. The molecule has 2 aromatic carbocycles. The van der Waals surface area contributed by atoms with Crippen molar-refractivity contribution in [1.29, 1.82) is 0 Å². The molecular formula is C20H17N3O2. The summed E-state index contributed by atoms with van der Waals surface area (Å²) in [5.74, 6) is 0. The summed E-state index contributed by atoms with van der Waals surface area (Å²) in [6.07, 6.45) is 6.11. The van der Waals surface area contributed by atoms with Gasteiger partial charge in [-0.2, -0.15) is 0 Å². The summed E-state index contributed by atoms with van der Waals surface area (Å²) in [5.41, 5.74) is 5.28. The Morgan fingerprint density at radius 2 is 1.80 bits per heavy atom. The van der Waals surface area contributed by atoms with Crippen LogP contribution in [-0.2, 0) is 12.8 Å². The van der Waals surface area contributed by atoms with Crippen molar-refractivity contribution >= 4 is 28.5 Å². The summed E-state index contributed by atoms with van der Waals surface area (Å²) in [7, 11) is 0. The molecule has 0 N–H and O–H groups in total. The van der Waals surface area contributed by atoms with E-state index in [4.69, 9.17) is 9.98 Å². The smallest absolute Gasteiger partial charge is 0.258 e. The molecular weight excluding hydrogens is 314 g/mol. The minimum Gasteiger partial charge on any atom is -0.258 e. The summed E-state index contributed by atoms with van der Waals surface area (Å²) in [4.78, 5) is 19.9. The molecule has 0 saturated heterocycles. The topological polar surface area (TPSA) is 68.4 Å². The Labute approximate surface area is 145 Å². The second-order valence-corrected chi connectivity index (χ2v) is 6.22. The van der Waals surface area contributed by atoms with Crippen molar-refractivity contribution in [2.24, 2.45) is 4.99 Å². The Morgan fingerprint density at radius 1 is 1.04 bits per heavy atom. The average Bonchev–Trinajstić information content (AvgIpc) is 2.65. The number of nitro groups is 1. The van der Waals surface area contributed by atoms with Gasteiger partial charge in [-0.1, -0.05) is 18.2 Å². The van der Waals surface area contributed by atoms with Crippen LogP contribution in [0.1, 0.15) is 29.7 Å². The SMILES string of the molecule is O=[N+]([O-])c1ccc(C=Nc2c3c(nc4ccccc24)CCCC3)cc1. The van der Waals surface area contributed by atoms with E-state index in [0.717, 1.165) is 47.1 Å². The number of hydrogen-bond donors (Lipinski definition) is 0. The van der Waals surface area contributed by atoms with Gasteiger partial charge in [-0.3, -0.25) is 20.1 Å². The quantitative estimate of drug-likeness (QED) is 0.394. The molecule has 1 heterocycles. The van der Waals surface area contributed by atoms with Gasteiger partial charge in [0.05, 0.1) is 16.1 Å². The second kappa shape index (κ2) is 6.43. The fourth-order valence-electron chi connectivity index (χ4n) is 3.32. The lowest BCUT2D eigenvalue weighted by Gasteiger charge is -2.18. The molecule has 5 nitrogen and oxygen atoms in total. The first-order chi connectivity index (χ1) is 12.2. The highest BCUT2D eigenvalue weighted by atomic mass is 16.6. The summed E-state index contributed by atoms with van der Waals surface area (Å²) < 4.78 is 0. The van der Waals surface area contributed by atoms with Crippen molar-refractivity contribution in [2.45, 2.75) is 25.7 Å². The van der Waals surface area contributed by atoms with Gasteiger partial charge < -0.3 is 0 Å².